The number of nitrogens with one attached hydrogen (secondary N) is 1. The Morgan fingerprint density at radius 1 is 1.06 bits per heavy atom. The third-order valence-corrected chi connectivity index (χ3v) is 7.12. The second-order valence-corrected chi connectivity index (χ2v) is 10.1. The molecule has 0 radical (unpaired) electrons. The summed E-state index contributed by atoms with van der Waals surface area (Å²) in [6.07, 6.45) is 0.843. The molecule has 1 N–H and O–H groups in total. The molecule has 4 rings (SSSR count). The van der Waals surface area contributed by atoms with Gasteiger partial charge in [-0.1, -0.05) is 48.0 Å². The summed E-state index contributed by atoms with van der Waals surface area (Å²) in [5.41, 5.74) is 4.57. The SMILES string of the molecule is COc1cc2c(cc1OC)C(COc1ccc(C(C)C)cc1)N(C(=S)Nc1cccc(Br)c1)CC2. The second kappa shape index (κ2) is 11.3. The smallest absolute Gasteiger partial charge is 0.174 e. The van der Waals surface area contributed by atoms with Gasteiger partial charge in [-0.3, -0.25) is 0 Å². The molecular weight excluding hydrogens is 524 g/mol. The number of hydrogen-bond acceptors (Lipinski definition) is 4. The minimum Gasteiger partial charge on any atom is -0.493 e. The topological polar surface area (TPSA) is 43.0 Å². The number of halogens is 1. The van der Waals surface area contributed by atoms with Crippen molar-refractivity contribution in [1.82, 2.24) is 4.90 Å². The van der Waals surface area contributed by atoms with Crippen molar-refractivity contribution < 1.29 is 14.2 Å². The number of thiocarbonyl (C=S) groups is 1. The number of fused-ring (bicyclic) bond motifs is 1. The quantitative estimate of drug-likeness (QED) is 0.318. The monoisotopic (exact) mass is 554 g/mol. The molecular formula is C28H31BrN2O3S. The molecule has 0 fully saturated rings. The molecule has 7 heteroatoms. The largest absolute Gasteiger partial charge is 0.493 e. The first-order chi connectivity index (χ1) is 16.9. The van der Waals surface area contributed by atoms with E-state index in [4.69, 9.17) is 26.4 Å². The highest BCUT2D eigenvalue weighted by Gasteiger charge is 2.31. The Labute approximate surface area is 221 Å². The predicted octanol–water partition coefficient (Wildman–Crippen LogP) is 6.96. The van der Waals surface area contributed by atoms with Crippen molar-refractivity contribution >= 4 is 38.9 Å². The van der Waals surface area contributed by atoms with Crippen molar-refractivity contribution in [2.24, 2.45) is 0 Å². The van der Waals surface area contributed by atoms with Crippen LogP contribution in [0.4, 0.5) is 5.69 Å². The van der Waals surface area contributed by atoms with E-state index in [0.29, 0.717) is 23.4 Å². The highest BCUT2D eigenvalue weighted by molar-refractivity contribution is 9.10. The minimum atomic E-state index is -0.0875. The number of rotatable bonds is 7. The number of methoxy groups -OCH3 is 2. The number of anilines is 1. The fraction of sp³-hybridized carbons (Fsp3) is 0.321. The van der Waals surface area contributed by atoms with Crippen LogP contribution in [0.5, 0.6) is 17.2 Å². The first-order valence-corrected chi connectivity index (χ1v) is 12.9. The lowest BCUT2D eigenvalue weighted by Gasteiger charge is -2.39. The van der Waals surface area contributed by atoms with Crippen LogP contribution < -0.4 is 19.5 Å². The van der Waals surface area contributed by atoms with Crippen LogP contribution in [-0.2, 0) is 6.42 Å². The number of nitrogens with zero attached hydrogens (tertiary/aromatic N) is 1. The van der Waals surface area contributed by atoms with Gasteiger partial charge in [0.05, 0.1) is 20.3 Å². The van der Waals surface area contributed by atoms with Crippen LogP contribution in [0.2, 0.25) is 0 Å². The minimum absolute atomic E-state index is 0.0875. The molecule has 1 aliphatic heterocycles. The lowest BCUT2D eigenvalue weighted by molar-refractivity contribution is 0.190. The average Bonchev–Trinajstić information content (AvgIpc) is 2.86. The van der Waals surface area contributed by atoms with Crippen LogP contribution in [0.15, 0.2) is 65.1 Å². The van der Waals surface area contributed by atoms with Crippen LogP contribution >= 0.6 is 28.1 Å². The van der Waals surface area contributed by atoms with Crippen molar-refractivity contribution in [1.29, 1.82) is 0 Å². The van der Waals surface area contributed by atoms with E-state index in [9.17, 15) is 0 Å². The van der Waals surface area contributed by atoms with Gasteiger partial charge < -0.3 is 24.4 Å². The first-order valence-electron chi connectivity index (χ1n) is 11.7. The molecule has 0 aromatic heterocycles. The number of ether oxygens (including phenoxy) is 3. The molecule has 5 nitrogen and oxygen atoms in total. The molecule has 1 heterocycles. The zero-order valence-corrected chi connectivity index (χ0v) is 22.9. The summed E-state index contributed by atoms with van der Waals surface area (Å²) in [7, 11) is 3.32. The molecule has 0 amide bonds. The Hall–Kier alpha value is -2.77. The zero-order chi connectivity index (χ0) is 24.9. The van der Waals surface area contributed by atoms with E-state index in [2.05, 4.69) is 64.3 Å². The van der Waals surface area contributed by atoms with Crippen molar-refractivity contribution in [3.8, 4) is 17.2 Å². The number of hydrogen-bond donors (Lipinski definition) is 1. The predicted molar refractivity (Wildman–Crippen MR) is 149 cm³/mol. The molecule has 1 aliphatic rings. The molecule has 0 spiro atoms. The third-order valence-electron chi connectivity index (χ3n) is 6.29. The maximum absolute atomic E-state index is 6.31. The molecule has 3 aromatic carbocycles. The van der Waals surface area contributed by atoms with Crippen LogP contribution in [0, 0.1) is 0 Å². The Bertz CT molecular complexity index is 1180. The molecule has 0 aliphatic carbocycles. The van der Waals surface area contributed by atoms with Crippen molar-refractivity contribution in [2.75, 3.05) is 32.7 Å². The van der Waals surface area contributed by atoms with Gasteiger partial charge in [-0.05, 0) is 83.7 Å². The van der Waals surface area contributed by atoms with Gasteiger partial charge in [0.15, 0.2) is 16.6 Å². The van der Waals surface area contributed by atoms with Gasteiger partial charge in [0.25, 0.3) is 0 Å². The Kier molecular flexibility index (Phi) is 8.19. The van der Waals surface area contributed by atoms with Gasteiger partial charge >= 0.3 is 0 Å². The summed E-state index contributed by atoms with van der Waals surface area (Å²) >= 11 is 9.41. The van der Waals surface area contributed by atoms with E-state index in [-0.39, 0.29) is 6.04 Å². The van der Waals surface area contributed by atoms with Crippen LogP contribution in [0.3, 0.4) is 0 Å². The van der Waals surface area contributed by atoms with Gasteiger partial charge in [-0.2, -0.15) is 0 Å². The Balaban J connectivity index is 1.62. The molecule has 1 unspecified atom stereocenters. The van der Waals surface area contributed by atoms with E-state index >= 15 is 0 Å². The van der Waals surface area contributed by atoms with E-state index in [1.807, 2.05) is 36.4 Å². The van der Waals surface area contributed by atoms with Crippen molar-refractivity contribution in [3.05, 3.63) is 81.8 Å². The van der Waals surface area contributed by atoms with Crippen molar-refractivity contribution in [2.45, 2.75) is 32.2 Å². The maximum Gasteiger partial charge on any atom is 0.174 e. The lowest BCUT2D eigenvalue weighted by Crippen LogP contribution is -2.44. The van der Waals surface area contributed by atoms with Gasteiger partial charge in [0.1, 0.15) is 12.4 Å². The average molecular weight is 556 g/mol. The fourth-order valence-corrected chi connectivity index (χ4v) is 5.07. The van der Waals surface area contributed by atoms with Gasteiger partial charge in [0, 0.05) is 16.7 Å². The summed E-state index contributed by atoms with van der Waals surface area (Å²) in [6.45, 7) is 5.59. The highest BCUT2D eigenvalue weighted by Crippen LogP contribution is 2.39. The third kappa shape index (κ3) is 5.90. The van der Waals surface area contributed by atoms with E-state index in [1.165, 1.54) is 11.1 Å². The van der Waals surface area contributed by atoms with Crippen molar-refractivity contribution in [3.63, 3.8) is 0 Å². The summed E-state index contributed by atoms with van der Waals surface area (Å²) in [5.74, 6) is 2.75. The van der Waals surface area contributed by atoms with Gasteiger partial charge in [0.2, 0.25) is 0 Å². The molecule has 1 atom stereocenters. The second-order valence-electron chi connectivity index (χ2n) is 8.84. The van der Waals surface area contributed by atoms with Crippen LogP contribution in [-0.4, -0.2) is 37.4 Å². The highest BCUT2D eigenvalue weighted by atomic mass is 79.9. The van der Waals surface area contributed by atoms with Crippen LogP contribution in [0.1, 0.15) is 42.5 Å². The fourth-order valence-electron chi connectivity index (χ4n) is 4.34. The van der Waals surface area contributed by atoms with E-state index < -0.39 is 0 Å². The number of benzene rings is 3. The summed E-state index contributed by atoms with van der Waals surface area (Å²) in [4.78, 5) is 2.20. The van der Waals surface area contributed by atoms with Gasteiger partial charge in [-0.15, -0.1) is 0 Å². The molecule has 3 aromatic rings. The lowest BCUT2D eigenvalue weighted by atomic mass is 9.92. The normalized spacial score (nSPS) is 14.9. The summed E-state index contributed by atoms with van der Waals surface area (Å²) in [6, 6.07) is 20.4. The zero-order valence-electron chi connectivity index (χ0n) is 20.5. The first kappa shape index (κ1) is 25.3. The molecule has 0 bridgehead atoms. The summed E-state index contributed by atoms with van der Waals surface area (Å²) in [5, 5.41) is 4.06. The Morgan fingerprint density at radius 3 is 2.43 bits per heavy atom. The maximum atomic E-state index is 6.31. The summed E-state index contributed by atoms with van der Waals surface area (Å²) < 4.78 is 18.5. The van der Waals surface area contributed by atoms with Crippen LogP contribution in [0.25, 0.3) is 0 Å². The Morgan fingerprint density at radius 2 is 1.77 bits per heavy atom. The molecule has 184 valence electrons. The molecule has 0 saturated carbocycles. The molecule has 0 saturated heterocycles. The standard InChI is InChI=1S/C28H31BrN2O3S/c1-18(2)19-8-10-23(11-9-19)34-17-25-24-16-27(33-4)26(32-3)14-20(24)12-13-31(25)28(35)30-22-7-5-6-21(29)15-22/h5-11,14-16,18,25H,12-13,17H2,1-4H3,(H,30,35). The van der Waals surface area contributed by atoms with E-state index in [1.54, 1.807) is 14.2 Å². The van der Waals surface area contributed by atoms with E-state index in [0.717, 1.165) is 40.2 Å². The molecule has 35 heavy (non-hydrogen) atoms. The van der Waals surface area contributed by atoms with Gasteiger partial charge in [-0.25, -0.2) is 0 Å².